The third kappa shape index (κ3) is 11.0. The van der Waals surface area contributed by atoms with E-state index in [1.807, 2.05) is 53.6 Å². The number of aliphatic hydroxyl groups excluding tert-OH is 2. The second-order valence-corrected chi connectivity index (χ2v) is 18.2. The molecule has 330 valence electrons. The Labute approximate surface area is 336 Å². The molecule has 3 aliphatic heterocycles. The van der Waals surface area contributed by atoms with Crippen LogP contribution in [0.1, 0.15) is 108 Å². The molecule has 0 spiro atoms. The van der Waals surface area contributed by atoms with E-state index >= 15 is 0 Å². The summed E-state index contributed by atoms with van der Waals surface area (Å²) in [6.45, 7) is 20.9. The van der Waals surface area contributed by atoms with Gasteiger partial charge < -0.3 is 69.5 Å². The SMILES string of the molecule is CCCNC[C@]1(O)[C@H](C)O[C@@H](O[C@@H]2[C@@H](C)[C@@H](O[C@@H]3O[C@@H](C)C[C@H](N(C)C)[C@H]3O)[C@@](C)(O)C[C@@H](C)CN[C@@H](C)C([C@](C)(O)[C@@H](O)CC)OC(=O)[C@@H]2C)C[C@@]1(C)OC. The highest BCUT2D eigenvalue weighted by atomic mass is 16.7. The number of esters is 1. The smallest absolute Gasteiger partial charge is 0.311 e. The molecule has 3 aliphatic rings. The summed E-state index contributed by atoms with van der Waals surface area (Å²) in [6.07, 6.45) is -6.62. The van der Waals surface area contributed by atoms with Crippen molar-refractivity contribution in [2.24, 2.45) is 17.8 Å². The molecule has 3 rings (SSSR count). The van der Waals surface area contributed by atoms with Crippen molar-refractivity contribution in [2.45, 2.75) is 198 Å². The molecule has 15 nitrogen and oxygen atoms in total. The fourth-order valence-corrected chi connectivity index (χ4v) is 9.21. The van der Waals surface area contributed by atoms with Crippen molar-refractivity contribution in [3.05, 3.63) is 0 Å². The van der Waals surface area contributed by atoms with Crippen LogP contribution in [0, 0.1) is 17.8 Å². The largest absolute Gasteiger partial charge is 0.457 e. The van der Waals surface area contributed by atoms with Crippen LogP contribution in [0.3, 0.4) is 0 Å². The first kappa shape index (κ1) is 49.3. The van der Waals surface area contributed by atoms with Gasteiger partial charge in [-0.3, -0.25) is 4.79 Å². The monoisotopic (exact) mass is 806 g/mol. The van der Waals surface area contributed by atoms with E-state index in [1.54, 1.807) is 34.6 Å². The van der Waals surface area contributed by atoms with Crippen LogP contribution < -0.4 is 10.6 Å². The minimum absolute atomic E-state index is 0.0928. The molecule has 15 heteroatoms. The maximum Gasteiger partial charge on any atom is 0.311 e. The highest BCUT2D eigenvalue weighted by Crippen LogP contribution is 2.43. The number of ether oxygens (including phenoxy) is 6. The third-order valence-corrected chi connectivity index (χ3v) is 13.0. The number of hydrogen-bond donors (Lipinski definition) is 7. The number of nitrogens with zero attached hydrogens (tertiary/aromatic N) is 1. The van der Waals surface area contributed by atoms with Gasteiger partial charge in [-0.2, -0.15) is 0 Å². The van der Waals surface area contributed by atoms with Crippen molar-refractivity contribution in [1.29, 1.82) is 0 Å². The van der Waals surface area contributed by atoms with E-state index in [0.29, 0.717) is 19.5 Å². The van der Waals surface area contributed by atoms with Crippen LogP contribution >= 0.6 is 0 Å². The first-order valence-corrected chi connectivity index (χ1v) is 20.9. The highest BCUT2D eigenvalue weighted by molar-refractivity contribution is 5.73. The number of methoxy groups -OCH3 is 1. The second-order valence-electron chi connectivity index (χ2n) is 18.2. The number of aliphatic hydroxyl groups is 5. The van der Waals surface area contributed by atoms with E-state index in [0.717, 1.165) is 6.42 Å². The van der Waals surface area contributed by atoms with Crippen molar-refractivity contribution in [1.82, 2.24) is 15.5 Å². The fourth-order valence-electron chi connectivity index (χ4n) is 9.21. The Hall–Kier alpha value is -1.05. The Balaban J connectivity index is 2.16. The third-order valence-electron chi connectivity index (χ3n) is 13.0. The van der Waals surface area contributed by atoms with Gasteiger partial charge >= 0.3 is 5.97 Å². The summed E-state index contributed by atoms with van der Waals surface area (Å²) in [5.74, 6) is -2.67. The fraction of sp³-hybridized carbons (Fsp3) is 0.976. The lowest BCUT2D eigenvalue weighted by Gasteiger charge is -2.53. The summed E-state index contributed by atoms with van der Waals surface area (Å²) in [5.41, 5.74) is -5.93. The molecule has 0 bridgehead atoms. The van der Waals surface area contributed by atoms with Crippen molar-refractivity contribution in [3.8, 4) is 0 Å². The van der Waals surface area contributed by atoms with Gasteiger partial charge in [0, 0.05) is 38.1 Å². The lowest BCUT2D eigenvalue weighted by atomic mass is 9.75. The zero-order chi connectivity index (χ0) is 42.6. The number of rotatable bonds is 13. The second kappa shape index (κ2) is 20.0. The maximum absolute atomic E-state index is 14.5. The van der Waals surface area contributed by atoms with E-state index in [2.05, 4.69) is 10.6 Å². The van der Waals surface area contributed by atoms with Crippen molar-refractivity contribution in [2.75, 3.05) is 40.8 Å². The molecular formula is C41H79N3O12. The van der Waals surface area contributed by atoms with Crippen LogP contribution in [0.25, 0.3) is 0 Å². The summed E-state index contributed by atoms with van der Waals surface area (Å²) in [7, 11) is 5.31. The van der Waals surface area contributed by atoms with E-state index < -0.39 is 95.5 Å². The maximum atomic E-state index is 14.5. The van der Waals surface area contributed by atoms with Gasteiger partial charge in [0.25, 0.3) is 0 Å². The van der Waals surface area contributed by atoms with E-state index in [1.165, 1.54) is 14.0 Å². The van der Waals surface area contributed by atoms with Gasteiger partial charge in [0.15, 0.2) is 12.6 Å². The number of carbonyl (C=O) groups excluding carboxylic acids is 1. The first-order valence-electron chi connectivity index (χ1n) is 20.9. The molecule has 0 saturated carbocycles. The Bertz CT molecular complexity index is 1230. The van der Waals surface area contributed by atoms with Gasteiger partial charge in [0.05, 0.1) is 42.0 Å². The predicted molar refractivity (Wildman–Crippen MR) is 212 cm³/mol. The lowest BCUT2D eigenvalue weighted by Crippen LogP contribution is -2.70. The van der Waals surface area contributed by atoms with Crippen molar-refractivity contribution < 1.29 is 58.7 Å². The molecule has 0 radical (unpaired) electrons. The minimum Gasteiger partial charge on any atom is -0.457 e. The van der Waals surface area contributed by atoms with Crippen LogP contribution in [-0.2, 0) is 33.2 Å². The standard InChI is InChI=1S/C41H79N3O12/c1-15-17-42-22-41(50)28(8)53-31(20-39(41,10)51-14)54-33-25(5)34(56-37-32(46)29(44(12)13)18-24(4)52-37)38(9,48)19-23(3)21-43-27(7)35(55-36(47)26(33)6)40(11,49)30(45)16-2/h23-35,37,42-43,45-46,48-50H,15-22H2,1-14H3/t23-,24+,25-,26-,27+,28+,29+,30+,31+,32-,33-,34-,35?,37+,38+,39-,40-,41+/m1/s1. The Morgan fingerprint density at radius 2 is 1.70 bits per heavy atom. The topological polar surface area (TPSA) is 201 Å². The van der Waals surface area contributed by atoms with Crippen LogP contribution in [0.5, 0.6) is 0 Å². The molecule has 0 aromatic rings. The van der Waals surface area contributed by atoms with E-state index in [-0.39, 0.29) is 43.9 Å². The number of cyclic esters (lactones) is 1. The van der Waals surface area contributed by atoms with E-state index in [4.69, 9.17) is 28.4 Å². The molecule has 3 heterocycles. The zero-order valence-electron chi connectivity index (χ0n) is 36.8. The molecule has 7 N–H and O–H groups in total. The van der Waals surface area contributed by atoms with Crippen molar-refractivity contribution >= 4 is 5.97 Å². The Morgan fingerprint density at radius 1 is 1.05 bits per heavy atom. The van der Waals surface area contributed by atoms with Gasteiger partial charge in [-0.1, -0.05) is 27.7 Å². The lowest BCUT2D eigenvalue weighted by molar-refractivity contribution is -0.336. The first-order chi connectivity index (χ1) is 25.9. The molecule has 0 aromatic heterocycles. The molecule has 18 atom stereocenters. The van der Waals surface area contributed by atoms with Gasteiger partial charge in [0.2, 0.25) is 0 Å². The van der Waals surface area contributed by atoms with E-state index in [9.17, 15) is 30.3 Å². The normalized spacial score (nSPS) is 45.2. The summed E-state index contributed by atoms with van der Waals surface area (Å²) in [4.78, 5) is 16.4. The molecule has 0 amide bonds. The Morgan fingerprint density at radius 3 is 2.27 bits per heavy atom. The van der Waals surface area contributed by atoms with Crippen molar-refractivity contribution in [3.63, 3.8) is 0 Å². The molecule has 1 unspecified atom stereocenters. The minimum atomic E-state index is -1.81. The summed E-state index contributed by atoms with van der Waals surface area (Å²) in [6, 6.07) is -0.875. The number of likely N-dealkylation sites (N-methyl/N-ethyl adjacent to an activating group) is 1. The number of hydrogen-bond acceptors (Lipinski definition) is 15. The molecule has 56 heavy (non-hydrogen) atoms. The van der Waals surface area contributed by atoms with Crippen LogP contribution in [0.15, 0.2) is 0 Å². The summed E-state index contributed by atoms with van der Waals surface area (Å²) in [5, 5.41) is 65.4. The van der Waals surface area contributed by atoms with Crippen LogP contribution in [0.2, 0.25) is 0 Å². The molecular weight excluding hydrogens is 726 g/mol. The number of carbonyl (C=O) groups is 1. The average Bonchev–Trinajstić information content (AvgIpc) is 3.12. The quantitative estimate of drug-likeness (QED) is 0.105. The van der Waals surface area contributed by atoms with Gasteiger partial charge in [-0.25, -0.2) is 0 Å². The molecule has 3 saturated heterocycles. The van der Waals surface area contributed by atoms with Crippen LogP contribution in [-0.4, -0.2) is 167 Å². The van der Waals surface area contributed by atoms with Crippen LogP contribution in [0.4, 0.5) is 0 Å². The number of nitrogens with one attached hydrogen (secondary N) is 2. The molecule has 3 fully saturated rings. The Kier molecular flexibility index (Phi) is 17.6. The van der Waals surface area contributed by atoms with Gasteiger partial charge in [-0.05, 0) is 107 Å². The molecule has 0 aliphatic carbocycles. The zero-order valence-corrected chi connectivity index (χ0v) is 36.8. The summed E-state index contributed by atoms with van der Waals surface area (Å²) >= 11 is 0. The highest BCUT2D eigenvalue weighted by Gasteiger charge is 2.58. The summed E-state index contributed by atoms with van der Waals surface area (Å²) < 4.78 is 38.4. The van der Waals surface area contributed by atoms with Gasteiger partial charge in [-0.15, -0.1) is 0 Å². The average molecular weight is 806 g/mol. The molecule has 0 aromatic carbocycles. The predicted octanol–water partition coefficient (Wildman–Crippen LogP) is 1.93. The van der Waals surface area contributed by atoms with Gasteiger partial charge in [0.1, 0.15) is 29.0 Å².